The Morgan fingerprint density at radius 1 is 1.40 bits per heavy atom. The molecule has 2 N–H and O–H groups in total. The second kappa shape index (κ2) is 7.26. The zero-order valence-corrected chi connectivity index (χ0v) is 13.3. The van der Waals surface area contributed by atoms with E-state index in [1.54, 1.807) is 0 Å². The highest BCUT2D eigenvalue weighted by Gasteiger charge is 2.22. The summed E-state index contributed by atoms with van der Waals surface area (Å²) in [5.74, 6) is 0.493. The molecular weight excluding hydrogens is 302 g/mol. The van der Waals surface area contributed by atoms with Crippen LogP contribution in [-0.2, 0) is 10.0 Å². The van der Waals surface area contributed by atoms with Gasteiger partial charge in [-0.2, -0.15) is 0 Å². The number of hydrogen-bond acceptors (Lipinski definition) is 4. The molecule has 1 unspecified atom stereocenters. The lowest BCUT2D eigenvalue weighted by Crippen LogP contribution is -2.39. The molecule has 0 bridgehead atoms. The maximum absolute atomic E-state index is 12.3. The largest absolute Gasteiger partial charge is 0.495 e. The number of aliphatic hydroxyl groups is 1. The van der Waals surface area contributed by atoms with Crippen molar-refractivity contribution >= 4 is 21.6 Å². The summed E-state index contributed by atoms with van der Waals surface area (Å²) in [5, 5.41) is 9.23. The van der Waals surface area contributed by atoms with Gasteiger partial charge in [0.15, 0.2) is 0 Å². The fourth-order valence-corrected chi connectivity index (χ4v) is 3.52. The van der Waals surface area contributed by atoms with Crippen LogP contribution in [0.2, 0.25) is 5.02 Å². The van der Waals surface area contributed by atoms with Gasteiger partial charge in [-0.15, -0.1) is 0 Å². The summed E-state index contributed by atoms with van der Waals surface area (Å²) in [7, 11) is -2.21. The number of sulfonamides is 1. The van der Waals surface area contributed by atoms with E-state index in [2.05, 4.69) is 4.72 Å². The molecule has 0 fully saturated rings. The van der Waals surface area contributed by atoms with Crippen LogP contribution >= 0.6 is 11.6 Å². The first kappa shape index (κ1) is 17.2. The van der Waals surface area contributed by atoms with Crippen molar-refractivity contribution in [1.29, 1.82) is 0 Å². The Morgan fingerprint density at radius 3 is 2.50 bits per heavy atom. The summed E-state index contributed by atoms with van der Waals surface area (Å²) in [6.07, 6.45) is 0.362. The number of rotatable bonds is 7. The summed E-state index contributed by atoms with van der Waals surface area (Å²) in [5.41, 5.74) is 0. The highest BCUT2D eigenvalue weighted by molar-refractivity contribution is 7.89. The average Bonchev–Trinajstić information content (AvgIpc) is 2.37. The minimum Gasteiger partial charge on any atom is -0.495 e. The third-order valence-electron chi connectivity index (χ3n) is 2.98. The van der Waals surface area contributed by atoms with E-state index in [1.807, 2.05) is 13.8 Å². The lowest BCUT2D eigenvalue weighted by atomic mass is 10.0. The number of methoxy groups -OCH3 is 1. The maximum atomic E-state index is 12.3. The maximum Gasteiger partial charge on any atom is 0.240 e. The molecule has 0 spiro atoms. The average molecular weight is 322 g/mol. The van der Waals surface area contributed by atoms with E-state index in [0.29, 0.717) is 12.2 Å². The van der Waals surface area contributed by atoms with Crippen LogP contribution < -0.4 is 9.46 Å². The smallest absolute Gasteiger partial charge is 0.240 e. The Bertz CT molecular complexity index is 545. The molecule has 0 aliphatic heterocycles. The molecule has 0 aliphatic carbocycles. The molecular formula is C13H20ClNO4S. The SMILES string of the molecule is COc1ccc(S(=O)(=O)NC(CCO)C(C)C)cc1Cl. The van der Waals surface area contributed by atoms with Crippen molar-refractivity contribution in [1.82, 2.24) is 4.72 Å². The van der Waals surface area contributed by atoms with E-state index < -0.39 is 10.0 Å². The van der Waals surface area contributed by atoms with Crippen molar-refractivity contribution in [3.63, 3.8) is 0 Å². The second-order valence-corrected chi connectivity index (χ2v) is 6.90. The Morgan fingerprint density at radius 2 is 2.05 bits per heavy atom. The number of hydrogen-bond donors (Lipinski definition) is 2. The third kappa shape index (κ3) is 4.34. The lowest BCUT2D eigenvalue weighted by Gasteiger charge is -2.21. The zero-order chi connectivity index (χ0) is 15.3. The van der Waals surface area contributed by atoms with Gasteiger partial charge in [-0.25, -0.2) is 13.1 Å². The Labute approximate surface area is 125 Å². The predicted octanol–water partition coefficient (Wildman–Crippen LogP) is 2.03. The van der Waals surface area contributed by atoms with Gasteiger partial charge in [0, 0.05) is 12.6 Å². The molecule has 0 aromatic heterocycles. The van der Waals surface area contributed by atoms with Gasteiger partial charge in [0.05, 0.1) is 17.0 Å². The van der Waals surface area contributed by atoms with Crippen LogP contribution in [0.15, 0.2) is 23.1 Å². The van der Waals surface area contributed by atoms with Crippen molar-refractivity contribution < 1.29 is 18.3 Å². The molecule has 0 saturated heterocycles. The van der Waals surface area contributed by atoms with Crippen molar-refractivity contribution in [2.45, 2.75) is 31.2 Å². The summed E-state index contributed by atoms with van der Waals surface area (Å²) in [6.45, 7) is 3.71. The molecule has 20 heavy (non-hydrogen) atoms. The fraction of sp³-hybridized carbons (Fsp3) is 0.538. The van der Waals surface area contributed by atoms with Crippen molar-refractivity contribution in [3.05, 3.63) is 23.2 Å². The first-order valence-corrected chi connectivity index (χ1v) is 8.14. The van der Waals surface area contributed by atoms with Gasteiger partial charge in [0.1, 0.15) is 5.75 Å². The topological polar surface area (TPSA) is 75.6 Å². The number of benzene rings is 1. The van der Waals surface area contributed by atoms with Crippen LogP contribution in [0.3, 0.4) is 0 Å². The Hall–Kier alpha value is -0.820. The molecule has 0 radical (unpaired) electrons. The second-order valence-electron chi connectivity index (χ2n) is 4.78. The van der Waals surface area contributed by atoms with Crippen LogP contribution in [0.4, 0.5) is 0 Å². The highest BCUT2D eigenvalue weighted by atomic mass is 35.5. The minimum absolute atomic E-state index is 0.0747. The first-order chi connectivity index (χ1) is 9.31. The number of halogens is 1. The molecule has 114 valence electrons. The van der Waals surface area contributed by atoms with E-state index in [1.165, 1.54) is 25.3 Å². The van der Waals surface area contributed by atoms with Crippen molar-refractivity contribution in [2.75, 3.05) is 13.7 Å². The molecule has 1 atom stereocenters. The number of aliphatic hydroxyl groups excluding tert-OH is 1. The molecule has 1 rings (SSSR count). The van der Waals surface area contributed by atoms with Crippen molar-refractivity contribution in [3.8, 4) is 5.75 Å². The van der Waals surface area contributed by atoms with Gasteiger partial charge in [0.25, 0.3) is 0 Å². The molecule has 5 nitrogen and oxygen atoms in total. The molecule has 1 aromatic carbocycles. The number of ether oxygens (including phenoxy) is 1. The Balaban J connectivity index is 3.01. The van der Waals surface area contributed by atoms with Gasteiger partial charge in [-0.3, -0.25) is 0 Å². The normalized spacial score (nSPS) is 13.5. The fourth-order valence-electron chi connectivity index (χ4n) is 1.75. The van der Waals surface area contributed by atoms with Crippen molar-refractivity contribution in [2.24, 2.45) is 5.92 Å². The van der Waals surface area contributed by atoms with Gasteiger partial charge >= 0.3 is 0 Å². The summed E-state index contributed by atoms with van der Waals surface area (Å²) in [4.78, 5) is 0.0758. The first-order valence-electron chi connectivity index (χ1n) is 6.28. The monoisotopic (exact) mass is 321 g/mol. The van der Waals surface area contributed by atoms with E-state index >= 15 is 0 Å². The Kier molecular flexibility index (Phi) is 6.26. The van der Waals surface area contributed by atoms with E-state index in [4.69, 9.17) is 21.4 Å². The van der Waals surface area contributed by atoms with E-state index in [9.17, 15) is 8.42 Å². The standard InChI is InChI=1S/C13H20ClNO4S/c1-9(2)12(6-7-16)15-20(17,18)10-4-5-13(19-3)11(14)8-10/h4-5,8-9,12,15-16H,6-7H2,1-3H3. The third-order valence-corrected chi connectivity index (χ3v) is 4.77. The van der Waals surface area contributed by atoms with Gasteiger partial charge in [-0.1, -0.05) is 25.4 Å². The molecule has 0 aliphatic rings. The van der Waals surface area contributed by atoms with Crippen LogP contribution in [-0.4, -0.2) is 33.3 Å². The highest BCUT2D eigenvalue weighted by Crippen LogP contribution is 2.27. The number of nitrogens with one attached hydrogen (secondary N) is 1. The van der Waals surface area contributed by atoms with Crippen LogP contribution in [0.25, 0.3) is 0 Å². The predicted molar refractivity (Wildman–Crippen MR) is 78.7 cm³/mol. The van der Waals surface area contributed by atoms with Gasteiger partial charge < -0.3 is 9.84 Å². The molecule has 1 aromatic rings. The molecule has 0 amide bonds. The van der Waals surface area contributed by atoms with Gasteiger partial charge in [0.2, 0.25) is 10.0 Å². The van der Waals surface area contributed by atoms with E-state index in [0.717, 1.165) is 0 Å². The molecule has 7 heteroatoms. The summed E-state index contributed by atoms with van der Waals surface area (Å²) in [6, 6.07) is 3.96. The van der Waals surface area contributed by atoms with Gasteiger partial charge in [-0.05, 0) is 30.5 Å². The van der Waals surface area contributed by atoms with Crippen LogP contribution in [0.1, 0.15) is 20.3 Å². The molecule has 0 saturated carbocycles. The summed E-state index contributed by atoms with van der Waals surface area (Å²) >= 11 is 5.94. The lowest BCUT2D eigenvalue weighted by molar-refractivity contribution is 0.256. The van der Waals surface area contributed by atoms with E-state index in [-0.39, 0.29) is 28.5 Å². The van der Waals surface area contributed by atoms with Crippen LogP contribution in [0.5, 0.6) is 5.75 Å². The minimum atomic E-state index is -3.68. The van der Waals surface area contributed by atoms with Crippen LogP contribution in [0, 0.1) is 5.92 Å². The summed E-state index contributed by atoms with van der Waals surface area (Å²) < 4.78 is 32.1. The zero-order valence-electron chi connectivity index (χ0n) is 11.8. The molecule has 0 heterocycles. The quantitative estimate of drug-likeness (QED) is 0.805.